The molecule has 0 nitrogen and oxygen atoms in total. The molecule has 0 spiro atoms. The van der Waals surface area contributed by atoms with Crippen LogP contribution in [0.2, 0.25) is 0 Å². The zero-order valence-corrected chi connectivity index (χ0v) is 16.1. The van der Waals surface area contributed by atoms with Crippen LogP contribution in [0.5, 0.6) is 0 Å². The van der Waals surface area contributed by atoms with Gasteiger partial charge in [-0.3, -0.25) is 0 Å². The minimum atomic E-state index is -6.00. The number of halogens is 6. The third-order valence-corrected chi connectivity index (χ3v) is 6.60. The van der Waals surface area contributed by atoms with E-state index in [-0.39, 0.29) is 21.2 Å². The first-order chi connectivity index (χ1) is 10.1. The minimum Gasteiger partial charge on any atom is -0.418 e. The first-order valence-corrected chi connectivity index (χ1v) is 9.37. The fraction of sp³-hybridized carbons (Fsp3) is 0.200. The van der Waals surface area contributed by atoms with Crippen molar-refractivity contribution in [3.05, 3.63) is 64.7 Å². The quantitative estimate of drug-likeness (QED) is 0.346. The molecule has 22 heavy (non-hydrogen) atoms. The van der Waals surface area contributed by atoms with Gasteiger partial charge in [0.25, 0.3) is 0 Å². The molecule has 120 valence electrons. The Morgan fingerprint density at radius 2 is 1.41 bits per heavy atom. The van der Waals surface area contributed by atoms with Crippen molar-refractivity contribution in [1.82, 2.24) is 0 Å². The molecule has 0 aromatic heterocycles. The zero-order valence-electron chi connectivity index (χ0n) is 12.3. The zero-order chi connectivity index (χ0) is 16.9. The van der Waals surface area contributed by atoms with Crippen molar-refractivity contribution in [3.8, 4) is 0 Å². The highest BCUT2D eigenvalue weighted by molar-refractivity contribution is 9.10. The Kier molecular flexibility index (Phi) is 7.38. The second-order valence-corrected chi connectivity index (χ2v) is 8.52. The van der Waals surface area contributed by atoms with Crippen LogP contribution in [-0.2, 0) is 0 Å². The smallest absolute Gasteiger partial charge is 0.418 e. The van der Waals surface area contributed by atoms with Crippen LogP contribution < -0.4 is 21.2 Å². The van der Waals surface area contributed by atoms with Gasteiger partial charge < -0.3 is 17.3 Å². The molecule has 0 amide bonds. The van der Waals surface area contributed by atoms with Crippen molar-refractivity contribution in [2.24, 2.45) is 0 Å². The lowest BCUT2D eigenvalue weighted by Gasteiger charge is -2.00. The molecule has 0 heterocycles. The van der Waals surface area contributed by atoms with Gasteiger partial charge in [0, 0.05) is 21.7 Å². The topological polar surface area (TPSA) is 0 Å². The average molecular weight is 489 g/mol. The molecule has 0 bridgehead atoms. The third-order valence-electron chi connectivity index (χ3n) is 2.57. The van der Waals surface area contributed by atoms with Gasteiger partial charge in [0.2, 0.25) is 0 Å². The van der Waals surface area contributed by atoms with Gasteiger partial charge in [0.1, 0.15) is 0 Å². The molecule has 0 aliphatic carbocycles. The van der Waals surface area contributed by atoms with Gasteiger partial charge in [-0.25, -0.2) is 0 Å². The summed E-state index contributed by atoms with van der Waals surface area (Å²) in [5, 5.41) is 0. The van der Waals surface area contributed by atoms with E-state index in [2.05, 4.69) is 73.1 Å². The highest BCUT2D eigenvalue weighted by Crippen LogP contribution is 2.09. The lowest BCUT2D eigenvalue weighted by Crippen LogP contribution is -3.62. The van der Waals surface area contributed by atoms with Crippen LogP contribution in [0.25, 0.3) is 0 Å². The normalized spacial score (nSPS) is 10.9. The van der Waals surface area contributed by atoms with E-state index in [1.54, 1.807) is 3.57 Å². The summed E-state index contributed by atoms with van der Waals surface area (Å²) < 4.78 is 43.2. The van der Waals surface area contributed by atoms with Gasteiger partial charge >= 0.3 is 28.5 Å². The van der Waals surface area contributed by atoms with Gasteiger partial charge in [-0.1, -0.05) is 39.7 Å². The molecule has 2 aromatic carbocycles. The van der Waals surface area contributed by atoms with Crippen molar-refractivity contribution in [2.75, 3.05) is 0 Å². The van der Waals surface area contributed by atoms with E-state index in [1.165, 1.54) is 24.7 Å². The third kappa shape index (κ3) is 7.62. The monoisotopic (exact) mass is 488 g/mol. The summed E-state index contributed by atoms with van der Waals surface area (Å²) in [5.74, 6) is 0. The average Bonchev–Trinajstić information content (AvgIpc) is 2.31. The number of aryl methyl sites for hydroxylation is 3. The van der Waals surface area contributed by atoms with Gasteiger partial charge in [-0.05, 0) is 32.9 Å². The van der Waals surface area contributed by atoms with E-state index in [0.29, 0.717) is 0 Å². The highest BCUT2D eigenvalue weighted by Gasteiger charge is 2.21. The summed E-state index contributed by atoms with van der Waals surface area (Å²) in [6, 6.07) is 13.3. The summed E-state index contributed by atoms with van der Waals surface area (Å²) >= 11 is 3.47. The van der Waals surface area contributed by atoms with E-state index in [0.717, 1.165) is 0 Å². The Hall–Kier alpha value is -0.565. The second kappa shape index (κ2) is 8.33. The summed E-state index contributed by atoms with van der Waals surface area (Å²) in [5.41, 5.74) is 4.24. The van der Waals surface area contributed by atoms with Crippen LogP contribution in [0, 0.1) is 27.9 Å². The fourth-order valence-electron chi connectivity index (χ4n) is 1.94. The Morgan fingerprint density at radius 1 is 0.909 bits per heavy atom. The Balaban J connectivity index is 0.000000422. The molecule has 0 N–H and O–H groups in total. The summed E-state index contributed by atoms with van der Waals surface area (Å²) in [6.07, 6.45) is 0. The Bertz CT molecular complexity index is 615. The standard InChI is InChI=1S/C15H15BrI.BF4/c1-10-7-11(2)15(12(3)8-10)17-14-6-4-5-13(16)9-14;2-1(3,4)5/h4-9H,1-3H3;/q+1;-1. The van der Waals surface area contributed by atoms with Crippen molar-refractivity contribution in [3.63, 3.8) is 0 Å². The van der Waals surface area contributed by atoms with Crippen LogP contribution >= 0.6 is 15.9 Å². The van der Waals surface area contributed by atoms with Crippen LogP contribution in [0.15, 0.2) is 40.9 Å². The van der Waals surface area contributed by atoms with Crippen LogP contribution in [0.4, 0.5) is 17.3 Å². The van der Waals surface area contributed by atoms with Crippen LogP contribution in [0.1, 0.15) is 16.7 Å². The van der Waals surface area contributed by atoms with Gasteiger partial charge in [-0.2, -0.15) is 0 Å². The first-order valence-electron chi connectivity index (χ1n) is 6.42. The maximum Gasteiger partial charge on any atom is 0.673 e. The van der Waals surface area contributed by atoms with Gasteiger partial charge in [0.15, 0.2) is 7.14 Å². The molecule has 2 rings (SSSR count). The second-order valence-electron chi connectivity index (χ2n) is 4.74. The summed E-state index contributed by atoms with van der Waals surface area (Å²) in [6.45, 7) is 6.63. The number of hydrogen-bond acceptors (Lipinski definition) is 0. The molecule has 0 aliphatic rings. The van der Waals surface area contributed by atoms with Crippen molar-refractivity contribution < 1.29 is 38.5 Å². The largest absolute Gasteiger partial charge is 0.673 e. The molecule has 0 fully saturated rings. The maximum absolute atomic E-state index is 9.75. The predicted molar refractivity (Wildman–Crippen MR) is 82.4 cm³/mol. The molecule has 7 heteroatoms. The molecule has 0 saturated heterocycles. The molecule has 0 unspecified atom stereocenters. The van der Waals surface area contributed by atoms with E-state index < -0.39 is 7.25 Å². The maximum atomic E-state index is 9.75. The number of rotatable bonds is 2. The fourth-order valence-corrected chi connectivity index (χ4v) is 5.43. The van der Waals surface area contributed by atoms with Crippen molar-refractivity contribution in [2.45, 2.75) is 20.8 Å². The lowest BCUT2D eigenvalue weighted by atomic mass is 10.1. The Morgan fingerprint density at radius 3 is 1.86 bits per heavy atom. The first kappa shape index (κ1) is 19.5. The van der Waals surface area contributed by atoms with E-state index >= 15 is 0 Å². The molecule has 0 saturated carbocycles. The minimum absolute atomic E-state index is 0.0743. The summed E-state index contributed by atoms with van der Waals surface area (Å²) in [7, 11) is -6.00. The molecule has 0 atom stereocenters. The lowest BCUT2D eigenvalue weighted by molar-refractivity contribution is -0.598. The van der Waals surface area contributed by atoms with E-state index in [1.807, 2.05) is 0 Å². The van der Waals surface area contributed by atoms with E-state index in [9.17, 15) is 17.3 Å². The van der Waals surface area contributed by atoms with E-state index in [4.69, 9.17) is 0 Å². The molecular weight excluding hydrogens is 474 g/mol. The number of hydrogen-bond donors (Lipinski definition) is 0. The summed E-state index contributed by atoms with van der Waals surface area (Å²) in [4.78, 5) is 0. The molecule has 0 aliphatic heterocycles. The van der Waals surface area contributed by atoms with Crippen LogP contribution in [-0.4, -0.2) is 7.25 Å². The molecule has 2 aromatic rings. The van der Waals surface area contributed by atoms with Gasteiger partial charge in [-0.15, -0.1) is 0 Å². The molecule has 0 radical (unpaired) electrons. The van der Waals surface area contributed by atoms with Crippen molar-refractivity contribution >= 4 is 23.2 Å². The highest BCUT2D eigenvalue weighted by atomic mass is 127. The van der Waals surface area contributed by atoms with Crippen molar-refractivity contribution in [1.29, 1.82) is 0 Å². The predicted octanol–water partition coefficient (Wildman–Crippen LogP) is 2.80. The number of benzene rings is 2. The Labute approximate surface area is 146 Å². The SMILES string of the molecule is Cc1cc(C)c([I+]c2cccc(Br)c2)c(C)c1.F[B-](F)(F)F. The van der Waals surface area contributed by atoms with Crippen LogP contribution in [0.3, 0.4) is 0 Å². The van der Waals surface area contributed by atoms with Gasteiger partial charge in [0.05, 0.1) is 0 Å². The molecular formula is C15H15BBrF4I.